The number of hydrogen-bond acceptors (Lipinski definition) is 6. The Bertz CT molecular complexity index is 1020. The molecule has 6 nitrogen and oxygen atoms in total. The molecule has 0 unspecified atom stereocenters. The lowest BCUT2D eigenvalue weighted by molar-refractivity contribution is -0.130. The molecule has 0 saturated carbocycles. The average molecular weight is 442 g/mol. The highest BCUT2D eigenvalue weighted by atomic mass is 32.2. The Hall–Kier alpha value is -2.16. The van der Waals surface area contributed by atoms with E-state index in [9.17, 15) is 4.79 Å². The molecule has 0 N–H and O–H groups in total. The third-order valence-electron chi connectivity index (χ3n) is 5.48. The number of benzene rings is 1. The summed E-state index contributed by atoms with van der Waals surface area (Å²) in [6.45, 7) is 10.5. The highest BCUT2D eigenvalue weighted by Gasteiger charge is 2.22. The summed E-state index contributed by atoms with van der Waals surface area (Å²) in [5.74, 6) is 0.589. The number of imidazole rings is 1. The second-order valence-corrected chi connectivity index (χ2v) is 9.66. The van der Waals surface area contributed by atoms with E-state index >= 15 is 0 Å². The summed E-state index contributed by atoms with van der Waals surface area (Å²) < 4.78 is 2.05. The van der Waals surface area contributed by atoms with Crippen LogP contribution < -0.4 is 0 Å². The van der Waals surface area contributed by atoms with Gasteiger partial charge < -0.3 is 4.90 Å². The maximum atomic E-state index is 12.7. The fraction of sp³-hybridized carbons (Fsp3) is 0.409. The third kappa shape index (κ3) is 4.94. The highest BCUT2D eigenvalue weighted by molar-refractivity contribution is 7.99. The van der Waals surface area contributed by atoms with Crippen molar-refractivity contribution in [1.82, 2.24) is 24.3 Å². The Morgan fingerprint density at radius 3 is 2.63 bits per heavy atom. The molecule has 0 aliphatic carbocycles. The standard InChI is InChI=1S/C22H27N5OS2/c1-16-4-5-20(12-17(16)2)27-7-6-23-22(27)30-15-21(28)26-10-8-25(9-11-26)13-19-14-29-18(3)24-19/h4-7,12,14H,8-11,13,15H2,1-3H3. The van der Waals surface area contributed by atoms with Gasteiger partial charge in [0, 0.05) is 56.2 Å². The van der Waals surface area contributed by atoms with E-state index in [4.69, 9.17) is 0 Å². The average Bonchev–Trinajstić information content (AvgIpc) is 3.37. The van der Waals surface area contributed by atoms with E-state index in [1.165, 1.54) is 22.9 Å². The molecule has 2 aromatic heterocycles. The number of rotatable bonds is 6. The largest absolute Gasteiger partial charge is 0.339 e. The summed E-state index contributed by atoms with van der Waals surface area (Å²) in [4.78, 5) is 26.1. The SMILES string of the molecule is Cc1nc(CN2CCN(C(=O)CSc3nccn3-c3ccc(C)c(C)c3)CC2)cs1. The number of hydrogen-bond donors (Lipinski definition) is 0. The Morgan fingerprint density at radius 2 is 1.93 bits per heavy atom. The molecule has 158 valence electrons. The number of amides is 1. The first-order valence-electron chi connectivity index (χ1n) is 10.1. The van der Waals surface area contributed by atoms with Crippen molar-refractivity contribution in [2.75, 3.05) is 31.9 Å². The molecule has 1 aromatic carbocycles. The van der Waals surface area contributed by atoms with Crippen LogP contribution in [0.3, 0.4) is 0 Å². The molecule has 0 bridgehead atoms. The van der Waals surface area contributed by atoms with Crippen LogP contribution in [0.1, 0.15) is 21.8 Å². The van der Waals surface area contributed by atoms with Crippen LogP contribution in [0.4, 0.5) is 0 Å². The Morgan fingerprint density at radius 1 is 1.13 bits per heavy atom. The Labute approximate surface area is 185 Å². The molecular weight excluding hydrogens is 414 g/mol. The Balaban J connectivity index is 1.29. The van der Waals surface area contributed by atoms with Crippen LogP contribution in [0.15, 0.2) is 41.1 Å². The zero-order valence-electron chi connectivity index (χ0n) is 17.7. The van der Waals surface area contributed by atoms with Gasteiger partial charge in [0.15, 0.2) is 5.16 Å². The van der Waals surface area contributed by atoms with Crippen molar-refractivity contribution in [1.29, 1.82) is 0 Å². The van der Waals surface area contributed by atoms with Crippen molar-refractivity contribution < 1.29 is 4.79 Å². The molecule has 30 heavy (non-hydrogen) atoms. The zero-order chi connectivity index (χ0) is 21.1. The number of piperazine rings is 1. The van der Waals surface area contributed by atoms with E-state index in [2.05, 4.69) is 56.9 Å². The molecule has 8 heteroatoms. The minimum absolute atomic E-state index is 0.179. The first-order valence-corrected chi connectivity index (χ1v) is 12.0. The number of carbonyl (C=O) groups excluding carboxylic acids is 1. The van der Waals surface area contributed by atoms with Crippen molar-refractivity contribution in [2.45, 2.75) is 32.5 Å². The lowest BCUT2D eigenvalue weighted by Gasteiger charge is -2.34. The summed E-state index contributed by atoms with van der Waals surface area (Å²) in [6, 6.07) is 6.38. The fourth-order valence-corrected chi connectivity index (χ4v) is 5.03. The molecule has 3 aromatic rings. The number of carbonyl (C=O) groups is 1. The van der Waals surface area contributed by atoms with E-state index in [1.807, 2.05) is 18.0 Å². The second-order valence-electron chi connectivity index (χ2n) is 7.65. The lowest BCUT2D eigenvalue weighted by Crippen LogP contribution is -2.48. The predicted octanol–water partition coefficient (Wildman–Crippen LogP) is 3.69. The van der Waals surface area contributed by atoms with Crippen molar-refractivity contribution >= 4 is 29.0 Å². The lowest BCUT2D eigenvalue weighted by atomic mass is 10.1. The molecule has 4 rings (SSSR count). The van der Waals surface area contributed by atoms with E-state index in [-0.39, 0.29) is 5.91 Å². The second kappa shape index (κ2) is 9.32. The van der Waals surface area contributed by atoms with E-state index in [0.29, 0.717) is 5.75 Å². The van der Waals surface area contributed by atoms with Gasteiger partial charge in [0.25, 0.3) is 0 Å². The van der Waals surface area contributed by atoms with Crippen LogP contribution in [0.5, 0.6) is 0 Å². The highest BCUT2D eigenvalue weighted by Crippen LogP contribution is 2.23. The van der Waals surface area contributed by atoms with E-state index in [1.54, 1.807) is 17.5 Å². The zero-order valence-corrected chi connectivity index (χ0v) is 19.3. The molecule has 1 fully saturated rings. The van der Waals surface area contributed by atoms with Gasteiger partial charge in [-0.25, -0.2) is 9.97 Å². The first kappa shape index (κ1) is 21.1. The van der Waals surface area contributed by atoms with Crippen LogP contribution in [-0.2, 0) is 11.3 Å². The monoisotopic (exact) mass is 441 g/mol. The molecule has 0 spiro atoms. The van der Waals surface area contributed by atoms with Gasteiger partial charge in [-0.2, -0.15) is 0 Å². The van der Waals surface area contributed by atoms with Crippen molar-refractivity contribution in [3.05, 3.63) is 57.8 Å². The van der Waals surface area contributed by atoms with Crippen LogP contribution >= 0.6 is 23.1 Å². The molecule has 1 amide bonds. The van der Waals surface area contributed by atoms with Gasteiger partial charge in [-0.15, -0.1) is 11.3 Å². The van der Waals surface area contributed by atoms with Crippen LogP contribution in [0.25, 0.3) is 5.69 Å². The fourth-order valence-electron chi connectivity index (χ4n) is 3.55. The summed E-state index contributed by atoms with van der Waals surface area (Å²) in [6.07, 6.45) is 3.75. The molecule has 3 heterocycles. The Kier molecular flexibility index (Phi) is 6.55. The maximum Gasteiger partial charge on any atom is 0.233 e. The molecule has 0 atom stereocenters. The predicted molar refractivity (Wildman–Crippen MR) is 122 cm³/mol. The molecule has 1 aliphatic heterocycles. The van der Waals surface area contributed by atoms with E-state index < -0.39 is 0 Å². The minimum Gasteiger partial charge on any atom is -0.339 e. The first-order chi connectivity index (χ1) is 14.5. The maximum absolute atomic E-state index is 12.7. The number of aromatic nitrogens is 3. The number of nitrogens with zero attached hydrogens (tertiary/aromatic N) is 5. The number of thiazole rings is 1. The quantitative estimate of drug-likeness (QED) is 0.546. The van der Waals surface area contributed by atoms with Gasteiger partial charge in [-0.1, -0.05) is 17.8 Å². The smallest absolute Gasteiger partial charge is 0.233 e. The number of thioether (sulfide) groups is 1. The van der Waals surface area contributed by atoms with Gasteiger partial charge in [0.05, 0.1) is 16.5 Å². The molecule has 0 radical (unpaired) electrons. The van der Waals surface area contributed by atoms with Gasteiger partial charge >= 0.3 is 0 Å². The van der Waals surface area contributed by atoms with Crippen molar-refractivity contribution in [3.8, 4) is 5.69 Å². The van der Waals surface area contributed by atoms with Crippen LogP contribution in [-0.4, -0.2) is 62.2 Å². The van der Waals surface area contributed by atoms with Gasteiger partial charge in [-0.05, 0) is 44.0 Å². The summed E-state index contributed by atoms with van der Waals surface area (Å²) in [5.41, 5.74) is 4.73. The van der Waals surface area contributed by atoms with Crippen molar-refractivity contribution in [2.24, 2.45) is 0 Å². The van der Waals surface area contributed by atoms with E-state index in [0.717, 1.165) is 54.3 Å². The van der Waals surface area contributed by atoms with Crippen molar-refractivity contribution in [3.63, 3.8) is 0 Å². The third-order valence-corrected chi connectivity index (χ3v) is 7.25. The topological polar surface area (TPSA) is 54.3 Å². The summed E-state index contributed by atoms with van der Waals surface area (Å²) in [7, 11) is 0. The van der Waals surface area contributed by atoms with Crippen LogP contribution in [0, 0.1) is 20.8 Å². The number of aryl methyl sites for hydroxylation is 3. The van der Waals surface area contributed by atoms with Gasteiger partial charge in [-0.3, -0.25) is 14.3 Å². The van der Waals surface area contributed by atoms with Gasteiger partial charge in [0.2, 0.25) is 5.91 Å². The minimum atomic E-state index is 0.179. The summed E-state index contributed by atoms with van der Waals surface area (Å²) >= 11 is 3.20. The van der Waals surface area contributed by atoms with Crippen LogP contribution in [0.2, 0.25) is 0 Å². The normalized spacial score (nSPS) is 15.0. The molecular formula is C22H27N5OS2. The molecule has 1 aliphatic rings. The van der Waals surface area contributed by atoms with Gasteiger partial charge in [0.1, 0.15) is 0 Å². The molecule has 1 saturated heterocycles. The summed E-state index contributed by atoms with van der Waals surface area (Å²) in [5, 5.41) is 4.08.